The normalized spacial score (nSPS) is 20.0. The van der Waals surface area contributed by atoms with Gasteiger partial charge in [0.2, 0.25) is 0 Å². The molecule has 5 heteroatoms. The second kappa shape index (κ2) is 4.05. The van der Waals surface area contributed by atoms with E-state index < -0.39 is 5.60 Å². The molecule has 5 nitrogen and oxygen atoms in total. The molecule has 0 bridgehead atoms. The molecule has 1 atom stereocenters. The fourth-order valence-corrected chi connectivity index (χ4v) is 1.92. The first-order valence-electron chi connectivity index (χ1n) is 5.85. The molecule has 0 spiro atoms. The van der Waals surface area contributed by atoms with Gasteiger partial charge in [0.05, 0.1) is 24.6 Å². The lowest BCUT2D eigenvalue weighted by Gasteiger charge is -2.35. The predicted molar refractivity (Wildman–Crippen MR) is 63.5 cm³/mol. The van der Waals surface area contributed by atoms with E-state index in [4.69, 9.17) is 4.74 Å². The summed E-state index contributed by atoms with van der Waals surface area (Å²) in [5, 5.41) is 0. The summed E-state index contributed by atoms with van der Waals surface area (Å²) < 4.78 is 7.47. The largest absolute Gasteiger partial charge is 0.444 e. The average Bonchev–Trinajstić information content (AvgIpc) is 2.60. The molecule has 0 saturated heterocycles. The van der Waals surface area contributed by atoms with E-state index in [9.17, 15) is 4.79 Å². The number of hydrogen-bond donors (Lipinski definition) is 0. The fourth-order valence-electron chi connectivity index (χ4n) is 1.92. The molecule has 0 radical (unpaired) electrons. The van der Waals surface area contributed by atoms with E-state index in [1.165, 1.54) is 0 Å². The van der Waals surface area contributed by atoms with Crippen LogP contribution in [0, 0.1) is 0 Å². The molecule has 1 unspecified atom stereocenters. The highest BCUT2D eigenvalue weighted by Crippen LogP contribution is 2.20. The van der Waals surface area contributed by atoms with Gasteiger partial charge in [-0.15, -0.1) is 0 Å². The lowest BCUT2D eigenvalue weighted by atomic mass is 10.2. The molecule has 0 aromatic carbocycles. The van der Waals surface area contributed by atoms with Gasteiger partial charge < -0.3 is 9.30 Å². The van der Waals surface area contributed by atoms with Gasteiger partial charge in [0, 0.05) is 12.7 Å². The molecule has 0 saturated carbocycles. The molecule has 0 fully saturated rings. The number of carbonyl (C=O) groups is 1. The fraction of sp³-hybridized carbons (Fsp3) is 0.667. The Labute approximate surface area is 101 Å². The van der Waals surface area contributed by atoms with Gasteiger partial charge in [-0.1, -0.05) is 0 Å². The molecule has 94 valence electrons. The van der Waals surface area contributed by atoms with Gasteiger partial charge in [-0.05, 0) is 27.7 Å². The zero-order valence-electron chi connectivity index (χ0n) is 10.8. The summed E-state index contributed by atoms with van der Waals surface area (Å²) in [6.45, 7) is 8.99. The van der Waals surface area contributed by atoms with Gasteiger partial charge in [-0.25, -0.2) is 9.78 Å². The Morgan fingerprint density at radius 3 is 2.88 bits per heavy atom. The first-order valence-corrected chi connectivity index (χ1v) is 5.85. The van der Waals surface area contributed by atoms with Crippen molar-refractivity contribution in [2.75, 3.05) is 0 Å². The maximum absolute atomic E-state index is 12.0. The van der Waals surface area contributed by atoms with Crippen molar-refractivity contribution in [2.45, 2.75) is 52.4 Å². The van der Waals surface area contributed by atoms with Crippen LogP contribution in [0.2, 0.25) is 0 Å². The van der Waals surface area contributed by atoms with Crippen LogP contribution in [0.5, 0.6) is 0 Å². The molecule has 1 aliphatic heterocycles. The molecule has 17 heavy (non-hydrogen) atoms. The summed E-state index contributed by atoms with van der Waals surface area (Å²) in [7, 11) is 0. The molecule has 1 amide bonds. The van der Waals surface area contributed by atoms with E-state index >= 15 is 0 Å². The minimum absolute atomic E-state index is 0.131. The zero-order valence-corrected chi connectivity index (χ0v) is 10.8. The summed E-state index contributed by atoms with van der Waals surface area (Å²) in [4.78, 5) is 17.9. The number of rotatable bonds is 0. The maximum Gasteiger partial charge on any atom is 0.410 e. The van der Waals surface area contributed by atoms with Crippen LogP contribution in [0.3, 0.4) is 0 Å². The average molecular weight is 237 g/mol. The molecule has 0 aliphatic carbocycles. The second-order valence-electron chi connectivity index (χ2n) is 5.49. The molecule has 2 rings (SSSR count). The third kappa shape index (κ3) is 2.60. The minimum atomic E-state index is -0.450. The third-order valence-corrected chi connectivity index (χ3v) is 2.75. The predicted octanol–water partition coefficient (Wildman–Crippen LogP) is 2.02. The van der Waals surface area contributed by atoms with Crippen LogP contribution in [0.25, 0.3) is 0 Å². The number of amides is 1. The number of ether oxygens (including phenoxy) is 1. The lowest BCUT2D eigenvalue weighted by Crippen LogP contribution is -2.46. The molecule has 2 heterocycles. The topological polar surface area (TPSA) is 47.4 Å². The van der Waals surface area contributed by atoms with Crippen molar-refractivity contribution in [1.82, 2.24) is 14.5 Å². The maximum atomic E-state index is 12.0. The van der Waals surface area contributed by atoms with Crippen molar-refractivity contribution < 1.29 is 9.53 Å². The highest BCUT2D eigenvalue weighted by Gasteiger charge is 2.30. The Morgan fingerprint density at radius 2 is 2.24 bits per heavy atom. The van der Waals surface area contributed by atoms with Crippen LogP contribution >= 0.6 is 0 Å². The highest BCUT2D eigenvalue weighted by molar-refractivity contribution is 5.68. The van der Waals surface area contributed by atoms with Crippen LogP contribution in [-0.4, -0.2) is 32.2 Å². The van der Waals surface area contributed by atoms with Gasteiger partial charge >= 0.3 is 6.09 Å². The first-order chi connectivity index (χ1) is 7.87. The number of carbonyl (C=O) groups excluding carboxylic acids is 1. The van der Waals surface area contributed by atoms with E-state index in [2.05, 4.69) is 9.55 Å². The zero-order chi connectivity index (χ0) is 12.6. The van der Waals surface area contributed by atoms with Crippen LogP contribution in [0.4, 0.5) is 4.79 Å². The van der Waals surface area contributed by atoms with Crippen molar-refractivity contribution in [2.24, 2.45) is 0 Å². The van der Waals surface area contributed by atoms with Gasteiger partial charge in [-0.2, -0.15) is 0 Å². The van der Waals surface area contributed by atoms with Crippen LogP contribution < -0.4 is 0 Å². The second-order valence-corrected chi connectivity index (χ2v) is 5.49. The van der Waals surface area contributed by atoms with E-state index in [-0.39, 0.29) is 12.1 Å². The van der Waals surface area contributed by atoms with Gasteiger partial charge in [0.25, 0.3) is 0 Å². The SMILES string of the molecule is CC1Cn2cncc2CN1C(=O)OC(C)(C)C. The highest BCUT2D eigenvalue weighted by atomic mass is 16.6. The summed E-state index contributed by atoms with van der Waals surface area (Å²) >= 11 is 0. The van der Waals surface area contributed by atoms with E-state index in [0.717, 1.165) is 12.2 Å². The van der Waals surface area contributed by atoms with E-state index in [0.29, 0.717) is 6.54 Å². The van der Waals surface area contributed by atoms with Crippen LogP contribution in [0.1, 0.15) is 33.4 Å². The molecule has 0 N–H and O–H groups in total. The Morgan fingerprint density at radius 1 is 1.53 bits per heavy atom. The smallest absolute Gasteiger partial charge is 0.410 e. The van der Waals surface area contributed by atoms with Crippen LogP contribution in [-0.2, 0) is 17.8 Å². The molecule has 1 aromatic heterocycles. The standard InChI is InChI=1S/C12H19N3O2/c1-9-6-14-8-13-5-10(14)7-15(9)11(16)17-12(2,3)4/h5,8-9H,6-7H2,1-4H3. The van der Waals surface area contributed by atoms with Crippen LogP contribution in [0.15, 0.2) is 12.5 Å². The molecular weight excluding hydrogens is 218 g/mol. The van der Waals surface area contributed by atoms with Crippen molar-refractivity contribution in [3.8, 4) is 0 Å². The molecule has 1 aromatic rings. The monoisotopic (exact) mass is 237 g/mol. The minimum Gasteiger partial charge on any atom is -0.444 e. The Hall–Kier alpha value is -1.52. The number of imidazole rings is 1. The molecular formula is C12H19N3O2. The summed E-state index contributed by atoms with van der Waals surface area (Å²) in [5.74, 6) is 0. The summed E-state index contributed by atoms with van der Waals surface area (Å²) in [5.41, 5.74) is 0.600. The summed E-state index contributed by atoms with van der Waals surface area (Å²) in [6, 6.07) is 0.131. The first kappa shape index (κ1) is 12.0. The Bertz CT molecular complexity index is 420. The number of fused-ring (bicyclic) bond motifs is 1. The number of aromatic nitrogens is 2. The van der Waals surface area contributed by atoms with E-state index in [1.54, 1.807) is 17.4 Å². The summed E-state index contributed by atoms with van der Waals surface area (Å²) in [6.07, 6.45) is 3.35. The van der Waals surface area contributed by atoms with Crippen molar-refractivity contribution in [3.63, 3.8) is 0 Å². The van der Waals surface area contributed by atoms with Crippen molar-refractivity contribution in [3.05, 3.63) is 18.2 Å². The van der Waals surface area contributed by atoms with E-state index in [1.807, 2.05) is 27.7 Å². The number of hydrogen-bond acceptors (Lipinski definition) is 3. The van der Waals surface area contributed by atoms with Gasteiger partial charge in [0.15, 0.2) is 0 Å². The Balaban J connectivity index is 2.10. The van der Waals surface area contributed by atoms with Crippen molar-refractivity contribution in [1.29, 1.82) is 0 Å². The quantitative estimate of drug-likeness (QED) is 0.693. The third-order valence-electron chi connectivity index (χ3n) is 2.75. The van der Waals surface area contributed by atoms with Gasteiger partial charge in [-0.3, -0.25) is 4.90 Å². The van der Waals surface area contributed by atoms with Crippen molar-refractivity contribution >= 4 is 6.09 Å². The number of nitrogens with zero attached hydrogens (tertiary/aromatic N) is 3. The molecule has 1 aliphatic rings. The Kier molecular flexibility index (Phi) is 2.85. The lowest BCUT2D eigenvalue weighted by molar-refractivity contribution is 0.00985. The van der Waals surface area contributed by atoms with Gasteiger partial charge in [0.1, 0.15) is 5.60 Å².